The highest BCUT2D eigenvalue weighted by Crippen LogP contribution is 2.70. The van der Waals surface area contributed by atoms with Gasteiger partial charge in [-0.3, -0.25) is 4.79 Å². The van der Waals surface area contributed by atoms with Gasteiger partial charge in [0.1, 0.15) is 5.78 Å². The van der Waals surface area contributed by atoms with Crippen molar-refractivity contribution in [2.75, 3.05) is 0 Å². The van der Waals surface area contributed by atoms with Gasteiger partial charge in [-0.2, -0.15) is 0 Å². The van der Waals surface area contributed by atoms with Crippen molar-refractivity contribution in [3.05, 3.63) is 0 Å². The molecule has 5 fully saturated rings. The third-order valence-corrected chi connectivity index (χ3v) is 6.92. The van der Waals surface area contributed by atoms with Crippen LogP contribution in [0.25, 0.3) is 0 Å². The Hall–Kier alpha value is -0.330. The van der Waals surface area contributed by atoms with Crippen LogP contribution >= 0.6 is 0 Å². The summed E-state index contributed by atoms with van der Waals surface area (Å²) in [7, 11) is 0. The molecule has 4 bridgehead atoms. The van der Waals surface area contributed by atoms with Gasteiger partial charge in [-0.15, -0.1) is 0 Å². The van der Waals surface area contributed by atoms with Crippen LogP contribution in [-0.2, 0) is 4.79 Å². The maximum Gasteiger partial charge on any atom is 0.139 e. The number of carbonyl (C=O) groups is 1. The molecule has 0 radical (unpaired) electrons. The molecule has 0 aliphatic heterocycles. The minimum atomic E-state index is 0.110. The second-order valence-corrected chi connectivity index (χ2v) is 9.33. The number of Topliss-reactive ketones (excluding diaryl/α,β-unsaturated/α-hetero) is 1. The SMILES string of the molecule is CC12CC3CC(C)(C1)CC(C(=O)CC1CCC1)(C3)C2. The van der Waals surface area contributed by atoms with E-state index in [1.807, 2.05) is 0 Å². The van der Waals surface area contributed by atoms with Gasteiger partial charge in [-0.05, 0) is 61.2 Å². The van der Waals surface area contributed by atoms with Crippen LogP contribution in [0.2, 0.25) is 0 Å². The molecule has 0 aromatic carbocycles. The summed E-state index contributed by atoms with van der Waals surface area (Å²) >= 11 is 0. The Morgan fingerprint density at radius 2 is 1.63 bits per heavy atom. The quantitative estimate of drug-likeness (QED) is 0.716. The summed E-state index contributed by atoms with van der Waals surface area (Å²) in [6.07, 6.45) is 12.8. The normalized spacial score (nSPS) is 52.2. The Bertz CT molecular complexity index is 401. The second-order valence-electron chi connectivity index (χ2n) is 9.33. The number of ketones is 1. The van der Waals surface area contributed by atoms with Crippen LogP contribution in [-0.4, -0.2) is 5.78 Å². The van der Waals surface area contributed by atoms with Crippen molar-refractivity contribution < 1.29 is 4.79 Å². The molecule has 1 heteroatoms. The summed E-state index contributed by atoms with van der Waals surface area (Å²) in [4.78, 5) is 13.0. The molecule has 106 valence electrons. The Kier molecular flexibility index (Phi) is 2.39. The predicted molar refractivity (Wildman–Crippen MR) is 76.8 cm³/mol. The van der Waals surface area contributed by atoms with E-state index in [1.165, 1.54) is 57.8 Å². The van der Waals surface area contributed by atoms with E-state index in [4.69, 9.17) is 0 Å². The van der Waals surface area contributed by atoms with Crippen LogP contribution in [0.4, 0.5) is 0 Å². The smallest absolute Gasteiger partial charge is 0.139 e. The third-order valence-electron chi connectivity index (χ3n) is 6.92. The zero-order valence-corrected chi connectivity index (χ0v) is 12.6. The van der Waals surface area contributed by atoms with Gasteiger partial charge in [0.2, 0.25) is 0 Å². The van der Waals surface area contributed by atoms with Crippen molar-refractivity contribution >= 4 is 5.78 Å². The molecule has 0 spiro atoms. The van der Waals surface area contributed by atoms with Crippen molar-refractivity contribution in [1.29, 1.82) is 0 Å². The van der Waals surface area contributed by atoms with Gasteiger partial charge in [0.05, 0.1) is 0 Å². The molecule has 2 unspecified atom stereocenters. The number of hydrogen-bond acceptors (Lipinski definition) is 1. The van der Waals surface area contributed by atoms with Crippen molar-refractivity contribution in [3.63, 3.8) is 0 Å². The lowest BCUT2D eigenvalue weighted by Crippen LogP contribution is -2.57. The average Bonchev–Trinajstić information content (AvgIpc) is 2.17. The monoisotopic (exact) mass is 260 g/mol. The van der Waals surface area contributed by atoms with Gasteiger partial charge in [0.25, 0.3) is 0 Å². The van der Waals surface area contributed by atoms with Crippen LogP contribution in [0.5, 0.6) is 0 Å². The maximum absolute atomic E-state index is 13.0. The highest BCUT2D eigenvalue weighted by Gasteiger charge is 2.62. The van der Waals surface area contributed by atoms with E-state index in [9.17, 15) is 4.79 Å². The minimum Gasteiger partial charge on any atom is -0.299 e. The van der Waals surface area contributed by atoms with E-state index in [2.05, 4.69) is 13.8 Å². The molecule has 0 aromatic rings. The van der Waals surface area contributed by atoms with Gasteiger partial charge in [0, 0.05) is 11.8 Å². The molecule has 0 heterocycles. The molecule has 0 saturated heterocycles. The fraction of sp³-hybridized carbons (Fsp3) is 0.944. The van der Waals surface area contributed by atoms with Crippen LogP contribution in [0, 0.1) is 28.1 Å². The first-order valence-corrected chi connectivity index (χ1v) is 8.44. The van der Waals surface area contributed by atoms with Gasteiger partial charge in [-0.25, -0.2) is 0 Å². The lowest BCUT2D eigenvalue weighted by atomic mass is 9.39. The Balaban J connectivity index is 1.61. The van der Waals surface area contributed by atoms with E-state index in [-0.39, 0.29) is 5.41 Å². The van der Waals surface area contributed by atoms with Gasteiger partial charge >= 0.3 is 0 Å². The van der Waals surface area contributed by atoms with Gasteiger partial charge < -0.3 is 0 Å². The number of hydrogen-bond donors (Lipinski definition) is 0. The van der Waals surface area contributed by atoms with Crippen molar-refractivity contribution in [3.8, 4) is 0 Å². The second kappa shape index (κ2) is 3.65. The Labute approximate surface area is 117 Å². The van der Waals surface area contributed by atoms with Crippen LogP contribution in [0.1, 0.15) is 78.1 Å². The predicted octanol–water partition coefficient (Wildman–Crippen LogP) is 4.74. The molecule has 5 aliphatic carbocycles. The molecular weight excluding hydrogens is 232 g/mol. The summed E-state index contributed by atoms with van der Waals surface area (Å²) in [5.74, 6) is 2.27. The molecule has 5 saturated carbocycles. The van der Waals surface area contributed by atoms with Crippen LogP contribution < -0.4 is 0 Å². The maximum atomic E-state index is 13.0. The molecule has 0 N–H and O–H groups in total. The number of rotatable bonds is 3. The molecule has 19 heavy (non-hydrogen) atoms. The first kappa shape index (κ1) is 12.4. The van der Waals surface area contributed by atoms with E-state index < -0.39 is 0 Å². The highest BCUT2D eigenvalue weighted by atomic mass is 16.1. The molecule has 1 nitrogen and oxygen atoms in total. The van der Waals surface area contributed by atoms with E-state index in [0.29, 0.717) is 16.6 Å². The topological polar surface area (TPSA) is 17.1 Å². The minimum absolute atomic E-state index is 0.110. The molecule has 5 aliphatic rings. The lowest BCUT2D eigenvalue weighted by molar-refractivity contribution is -0.169. The molecular formula is C18H28O. The molecule has 5 rings (SSSR count). The fourth-order valence-electron chi connectivity index (χ4n) is 6.93. The number of carbonyl (C=O) groups excluding carboxylic acids is 1. The summed E-state index contributed by atoms with van der Waals surface area (Å²) in [5.41, 5.74) is 1.09. The largest absolute Gasteiger partial charge is 0.299 e. The Morgan fingerprint density at radius 1 is 1.00 bits per heavy atom. The molecule has 0 amide bonds. The highest BCUT2D eigenvalue weighted by molar-refractivity contribution is 5.85. The first-order chi connectivity index (χ1) is 8.91. The summed E-state index contributed by atoms with van der Waals surface area (Å²) < 4.78 is 0. The van der Waals surface area contributed by atoms with E-state index in [0.717, 1.165) is 18.3 Å². The van der Waals surface area contributed by atoms with Gasteiger partial charge in [0.15, 0.2) is 0 Å². The van der Waals surface area contributed by atoms with Gasteiger partial charge in [-0.1, -0.05) is 33.1 Å². The summed E-state index contributed by atoms with van der Waals surface area (Å²) in [6.45, 7) is 4.95. The summed E-state index contributed by atoms with van der Waals surface area (Å²) in [6, 6.07) is 0. The first-order valence-electron chi connectivity index (χ1n) is 8.44. The Morgan fingerprint density at radius 3 is 2.11 bits per heavy atom. The molecule has 2 atom stereocenters. The standard InChI is InChI=1S/C18H28O/c1-16-7-14-8-17(2,10-16)12-18(9-14,11-16)15(19)6-13-4-3-5-13/h13-14H,3-12H2,1-2H3. The third kappa shape index (κ3) is 1.83. The summed E-state index contributed by atoms with van der Waals surface area (Å²) in [5, 5.41) is 0. The fourth-order valence-corrected chi connectivity index (χ4v) is 6.93. The van der Waals surface area contributed by atoms with E-state index in [1.54, 1.807) is 0 Å². The van der Waals surface area contributed by atoms with Crippen LogP contribution in [0.15, 0.2) is 0 Å². The van der Waals surface area contributed by atoms with Crippen molar-refractivity contribution in [1.82, 2.24) is 0 Å². The molecule has 0 aromatic heterocycles. The van der Waals surface area contributed by atoms with Crippen molar-refractivity contribution in [2.24, 2.45) is 28.1 Å². The van der Waals surface area contributed by atoms with Crippen molar-refractivity contribution in [2.45, 2.75) is 78.1 Å². The lowest BCUT2D eigenvalue weighted by Gasteiger charge is -2.65. The van der Waals surface area contributed by atoms with Crippen LogP contribution in [0.3, 0.4) is 0 Å². The zero-order valence-electron chi connectivity index (χ0n) is 12.6. The average molecular weight is 260 g/mol. The van der Waals surface area contributed by atoms with E-state index >= 15 is 0 Å². The zero-order chi connectivity index (χ0) is 13.3.